The van der Waals surface area contributed by atoms with Crippen molar-refractivity contribution >= 4 is 38.1 Å². The first-order chi connectivity index (χ1) is 11.9. The molecule has 1 aliphatic heterocycles. The van der Waals surface area contributed by atoms with Crippen LogP contribution in [-0.4, -0.2) is 53.7 Å². The fraction of sp³-hybridized carbons (Fsp3) is 0.333. The highest BCUT2D eigenvalue weighted by Crippen LogP contribution is 2.15. The Balaban J connectivity index is 1.91. The molecule has 10 heteroatoms. The summed E-state index contributed by atoms with van der Waals surface area (Å²) in [6, 6.07) is 6.13. The zero-order valence-corrected chi connectivity index (χ0v) is 15.2. The van der Waals surface area contributed by atoms with Gasteiger partial charge in [-0.25, -0.2) is 13.4 Å². The number of nitrogens with one attached hydrogen (secondary N) is 1. The lowest BCUT2D eigenvalue weighted by Crippen LogP contribution is -2.27. The SMILES string of the molecule is CS(=O)(=O)c1ccc(C(=NN2CCCC2)C(=O)Nc2ncns2)cc1. The van der Waals surface area contributed by atoms with Crippen molar-refractivity contribution < 1.29 is 13.2 Å². The van der Waals surface area contributed by atoms with Crippen LogP contribution in [0.15, 0.2) is 40.6 Å². The lowest BCUT2D eigenvalue weighted by Gasteiger charge is -2.14. The van der Waals surface area contributed by atoms with Crippen LogP contribution in [0.4, 0.5) is 5.13 Å². The van der Waals surface area contributed by atoms with Crippen LogP contribution < -0.4 is 5.32 Å². The summed E-state index contributed by atoms with van der Waals surface area (Å²) < 4.78 is 27.1. The van der Waals surface area contributed by atoms with Gasteiger partial charge in [0.2, 0.25) is 5.13 Å². The first-order valence-electron chi connectivity index (χ1n) is 7.65. The van der Waals surface area contributed by atoms with Gasteiger partial charge < -0.3 is 0 Å². The van der Waals surface area contributed by atoms with Crippen LogP contribution in [0.5, 0.6) is 0 Å². The molecular formula is C15H17N5O3S2. The molecule has 0 bridgehead atoms. The summed E-state index contributed by atoms with van der Waals surface area (Å²) in [4.78, 5) is 16.8. The van der Waals surface area contributed by atoms with Gasteiger partial charge in [-0.2, -0.15) is 9.47 Å². The van der Waals surface area contributed by atoms with Crippen molar-refractivity contribution in [2.75, 3.05) is 24.7 Å². The second-order valence-electron chi connectivity index (χ2n) is 5.61. The molecule has 0 aliphatic carbocycles. The predicted molar refractivity (Wildman–Crippen MR) is 95.4 cm³/mol. The molecule has 1 fully saturated rings. The third-order valence-corrected chi connectivity index (χ3v) is 5.39. The van der Waals surface area contributed by atoms with Crippen LogP contribution in [0.25, 0.3) is 0 Å². The van der Waals surface area contributed by atoms with E-state index in [1.165, 1.54) is 18.5 Å². The van der Waals surface area contributed by atoms with Crippen molar-refractivity contribution in [3.8, 4) is 0 Å². The maximum atomic E-state index is 12.6. The quantitative estimate of drug-likeness (QED) is 0.787. The minimum atomic E-state index is -3.30. The highest BCUT2D eigenvalue weighted by Gasteiger charge is 2.20. The maximum Gasteiger partial charge on any atom is 0.278 e. The second-order valence-corrected chi connectivity index (χ2v) is 8.40. The van der Waals surface area contributed by atoms with Crippen molar-refractivity contribution in [2.45, 2.75) is 17.7 Å². The van der Waals surface area contributed by atoms with Gasteiger partial charge in [0.1, 0.15) is 6.33 Å². The minimum absolute atomic E-state index is 0.196. The number of hydrogen-bond donors (Lipinski definition) is 1. The Bertz CT molecular complexity index is 870. The largest absolute Gasteiger partial charge is 0.296 e. The van der Waals surface area contributed by atoms with E-state index in [1.807, 2.05) is 5.01 Å². The van der Waals surface area contributed by atoms with Crippen LogP contribution in [0.1, 0.15) is 18.4 Å². The summed E-state index contributed by atoms with van der Waals surface area (Å²) in [5.41, 5.74) is 0.762. The van der Waals surface area contributed by atoms with Crippen molar-refractivity contribution in [1.82, 2.24) is 14.4 Å². The monoisotopic (exact) mass is 379 g/mol. The van der Waals surface area contributed by atoms with E-state index < -0.39 is 15.7 Å². The molecule has 2 heterocycles. The number of hydrogen-bond acceptors (Lipinski definition) is 8. The Kier molecular flexibility index (Phi) is 5.09. The van der Waals surface area contributed by atoms with E-state index in [-0.39, 0.29) is 10.6 Å². The van der Waals surface area contributed by atoms with Gasteiger partial charge in [-0.15, -0.1) is 0 Å². The van der Waals surface area contributed by atoms with E-state index in [4.69, 9.17) is 0 Å². The molecule has 0 spiro atoms. The van der Waals surface area contributed by atoms with Crippen LogP contribution in [-0.2, 0) is 14.6 Å². The molecule has 8 nitrogen and oxygen atoms in total. The fourth-order valence-corrected chi connectivity index (χ4v) is 3.48. The topological polar surface area (TPSA) is 105 Å². The van der Waals surface area contributed by atoms with Gasteiger partial charge in [-0.3, -0.25) is 15.1 Å². The number of rotatable bonds is 5. The van der Waals surface area contributed by atoms with Gasteiger partial charge in [-0.05, 0) is 25.0 Å². The third kappa shape index (κ3) is 4.40. The number of nitrogens with zero attached hydrogens (tertiary/aromatic N) is 4. The molecule has 1 amide bonds. The molecule has 1 aromatic heterocycles. The van der Waals surface area contributed by atoms with Crippen LogP contribution in [0.2, 0.25) is 0 Å². The summed E-state index contributed by atoms with van der Waals surface area (Å²) in [5, 5.41) is 9.36. The summed E-state index contributed by atoms with van der Waals surface area (Å²) in [6.07, 6.45) is 4.56. The number of carbonyl (C=O) groups is 1. The lowest BCUT2D eigenvalue weighted by molar-refractivity contribution is -0.110. The molecule has 2 aromatic rings. The van der Waals surface area contributed by atoms with Crippen LogP contribution in [0, 0.1) is 0 Å². The molecule has 25 heavy (non-hydrogen) atoms. The Morgan fingerprint density at radius 1 is 1.24 bits per heavy atom. The first kappa shape index (κ1) is 17.5. The average molecular weight is 379 g/mol. The second kappa shape index (κ2) is 7.28. The van der Waals surface area contributed by atoms with Crippen molar-refractivity contribution in [2.24, 2.45) is 5.10 Å². The average Bonchev–Trinajstić information content (AvgIpc) is 3.25. The van der Waals surface area contributed by atoms with Crippen LogP contribution >= 0.6 is 11.5 Å². The van der Waals surface area contributed by atoms with Gasteiger partial charge in [0.25, 0.3) is 5.91 Å². The number of benzene rings is 1. The number of amides is 1. The summed E-state index contributed by atoms with van der Waals surface area (Å²) >= 11 is 1.07. The summed E-state index contributed by atoms with van der Waals surface area (Å²) in [5.74, 6) is -0.407. The molecule has 132 valence electrons. The number of hydrazone groups is 1. The molecule has 1 aliphatic rings. The van der Waals surface area contributed by atoms with E-state index in [1.54, 1.807) is 12.1 Å². The van der Waals surface area contributed by atoms with Crippen molar-refractivity contribution in [3.05, 3.63) is 36.2 Å². The van der Waals surface area contributed by atoms with Gasteiger partial charge in [-0.1, -0.05) is 12.1 Å². The Morgan fingerprint density at radius 2 is 1.92 bits per heavy atom. The first-order valence-corrected chi connectivity index (χ1v) is 10.3. The van der Waals surface area contributed by atoms with Crippen molar-refractivity contribution in [3.63, 3.8) is 0 Å². The molecular weight excluding hydrogens is 362 g/mol. The maximum absolute atomic E-state index is 12.6. The van der Waals surface area contributed by atoms with Crippen LogP contribution in [0.3, 0.4) is 0 Å². The Labute approximate surface area is 149 Å². The smallest absolute Gasteiger partial charge is 0.278 e. The highest BCUT2D eigenvalue weighted by molar-refractivity contribution is 7.90. The Hall–Kier alpha value is -2.33. The zero-order chi connectivity index (χ0) is 17.9. The van der Waals surface area contributed by atoms with E-state index >= 15 is 0 Å². The zero-order valence-electron chi connectivity index (χ0n) is 13.5. The summed E-state index contributed by atoms with van der Waals surface area (Å²) in [7, 11) is -3.30. The van der Waals surface area contributed by atoms with Gasteiger partial charge in [0.05, 0.1) is 4.90 Å². The molecule has 0 saturated carbocycles. The van der Waals surface area contributed by atoms with Gasteiger partial charge >= 0.3 is 0 Å². The fourth-order valence-electron chi connectivity index (χ4n) is 2.42. The molecule has 1 saturated heterocycles. The number of aromatic nitrogens is 2. The number of anilines is 1. The molecule has 0 atom stereocenters. The molecule has 0 unspecified atom stereocenters. The number of carbonyl (C=O) groups excluding carboxylic acids is 1. The minimum Gasteiger partial charge on any atom is -0.296 e. The predicted octanol–water partition coefficient (Wildman–Crippen LogP) is 1.38. The summed E-state index contributed by atoms with van der Waals surface area (Å²) in [6.45, 7) is 1.58. The molecule has 0 radical (unpaired) electrons. The standard InChI is InChI=1S/C15H17N5O3S2/c1-25(22,23)12-6-4-11(5-7-12)13(19-20-8-2-3-9-20)14(21)18-15-16-10-17-24-15/h4-7,10H,2-3,8-9H2,1H3,(H,16,17,18,21). The lowest BCUT2D eigenvalue weighted by atomic mass is 10.1. The molecule has 1 aromatic carbocycles. The highest BCUT2D eigenvalue weighted by atomic mass is 32.2. The molecule has 1 N–H and O–H groups in total. The molecule has 3 rings (SSSR count). The Morgan fingerprint density at radius 3 is 2.48 bits per heavy atom. The van der Waals surface area contributed by atoms with E-state index in [0.717, 1.165) is 43.7 Å². The van der Waals surface area contributed by atoms with Crippen molar-refractivity contribution in [1.29, 1.82) is 0 Å². The van der Waals surface area contributed by atoms with Gasteiger partial charge in [0, 0.05) is 36.4 Å². The third-order valence-electron chi connectivity index (χ3n) is 3.68. The van der Waals surface area contributed by atoms with E-state index in [2.05, 4.69) is 19.8 Å². The van der Waals surface area contributed by atoms with Gasteiger partial charge in [0.15, 0.2) is 15.5 Å². The normalized spacial score (nSPS) is 15.4. The number of sulfone groups is 1. The van der Waals surface area contributed by atoms with E-state index in [0.29, 0.717) is 10.7 Å². The van der Waals surface area contributed by atoms with E-state index in [9.17, 15) is 13.2 Å².